The molecule has 0 fully saturated rings. The highest BCUT2D eigenvalue weighted by molar-refractivity contribution is 6.30. The van der Waals surface area contributed by atoms with Gasteiger partial charge >= 0.3 is 6.03 Å². The molecule has 1 aromatic heterocycles. The van der Waals surface area contributed by atoms with Gasteiger partial charge in [-0.2, -0.15) is 0 Å². The molecule has 0 aliphatic carbocycles. The van der Waals surface area contributed by atoms with Crippen molar-refractivity contribution < 1.29 is 4.79 Å². The number of nitrogens with two attached hydrogens (primary N) is 1. The number of hydrogen-bond donors (Lipinski definition) is 2. The molecule has 3 rings (SSSR count). The zero-order valence-corrected chi connectivity index (χ0v) is 13.1. The van der Waals surface area contributed by atoms with Crippen molar-refractivity contribution in [3.8, 4) is 11.3 Å². The summed E-state index contributed by atoms with van der Waals surface area (Å²) in [7, 11) is 1.61. The number of amides is 2. The minimum Gasteiger partial charge on any atom is -0.368 e. The molecule has 0 spiro atoms. The molecule has 22 heavy (non-hydrogen) atoms. The van der Waals surface area contributed by atoms with Crippen LogP contribution in [0, 0.1) is 6.92 Å². The summed E-state index contributed by atoms with van der Waals surface area (Å²) in [6.45, 7) is 2.87. The van der Waals surface area contributed by atoms with E-state index in [1.54, 1.807) is 11.9 Å². The predicted octanol–water partition coefficient (Wildman–Crippen LogP) is 2.34. The highest BCUT2D eigenvalue weighted by Crippen LogP contribution is 2.33. The Morgan fingerprint density at radius 1 is 1.36 bits per heavy atom. The van der Waals surface area contributed by atoms with Gasteiger partial charge < -0.3 is 16.0 Å². The van der Waals surface area contributed by atoms with E-state index in [-0.39, 0.29) is 12.0 Å². The van der Waals surface area contributed by atoms with Gasteiger partial charge in [0.15, 0.2) is 0 Å². The van der Waals surface area contributed by atoms with Gasteiger partial charge in [-0.05, 0) is 24.6 Å². The van der Waals surface area contributed by atoms with Crippen molar-refractivity contribution in [1.29, 1.82) is 0 Å². The fourth-order valence-corrected chi connectivity index (χ4v) is 2.92. The van der Waals surface area contributed by atoms with Gasteiger partial charge in [0.2, 0.25) is 5.95 Å². The van der Waals surface area contributed by atoms with E-state index in [2.05, 4.69) is 15.3 Å². The van der Waals surface area contributed by atoms with Crippen LogP contribution >= 0.6 is 11.6 Å². The first-order valence-corrected chi connectivity index (χ1v) is 7.26. The molecule has 7 heteroatoms. The molecule has 2 heterocycles. The van der Waals surface area contributed by atoms with Crippen molar-refractivity contribution in [2.75, 3.05) is 12.8 Å². The molecular formula is C15H16ClN5O. The minimum absolute atomic E-state index is 0.143. The Bertz CT molecular complexity index is 762. The summed E-state index contributed by atoms with van der Waals surface area (Å²) in [6.07, 6.45) is 0. The average Bonchev–Trinajstić information content (AvgIpc) is 2.89. The summed E-state index contributed by atoms with van der Waals surface area (Å²) < 4.78 is 0. The molecule has 0 unspecified atom stereocenters. The van der Waals surface area contributed by atoms with Crippen LogP contribution in [-0.4, -0.2) is 27.9 Å². The normalized spacial score (nSPS) is 13.1. The summed E-state index contributed by atoms with van der Waals surface area (Å²) in [5, 5.41) is 3.30. The zero-order chi connectivity index (χ0) is 15.9. The fraction of sp³-hybridized carbons (Fsp3) is 0.267. The van der Waals surface area contributed by atoms with Crippen molar-refractivity contribution >= 4 is 23.6 Å². The SMILES string of the molecule is CNC(=O)N1Cc2nc(N)nc(-c3ccc(Cl)cc3C)c2C1. The number of rotatable bonds is 1. The third-order valence-electron chi connectivity index (χ3n) is 3.74. The standard InChI is InChI=1S/C15H16ClN5O/c1-8-5-9(16)3-4-10(8)13-11-6-21(15(22)18-2)7-12(11)19-14(17)20-13/h3-5H,6-7H2,1-2H3,(H,18,22)(H2,17,19,20). The van der Waals surface area contributed by atoms with Crippen LogP contribution in [-0.2, 0) is 13.1 Å². The number of aryl methyl sites for hydroxylation is 1. The van der Waals surface area contributed by atoms with E-state index in [0.29, 0.717) is 18.1 Å². The van der Waals surface area contributed by atoms with Crippen molar-refractivity contribution in [2.45, 2.75) is 20.0 Å². The number of aromatic nitrogens is 2. The Morgan fingerprint density at radius 3 is 2.82 bits per heavy atom. The van der Waals surface area contributed by atoms with Crippen LogP contribution in [0.15, 0.2) is 18.2 Å². The Labute approximate surface area is 133 Å². The van der Waals surface area contributed by atoms with Crippen molar-refractivity contribution in [1.82, 2.24) is 20.2 Å². The summed E-state index contributed by atoms with van der Waals surface area (Å²) in [5.74, 6) is 0.210. The topological polar surface area (TPSA) is 84.1 Å². The minimum atomic E-state index is -0.143. The lowest BCUT2D eigenvalue weighted by atomic mass is 10.0. The molecule has 0 radical (unpaired) electrons. The Hall–Kier alpha value is -2.34. The molecule has 114 valence electrons. The lowest BCUT2D eigenvalue weighted by Crippen LogP contribution is -2.33. The molecule has 0 bridgehead atoms. The number of anilines is 1. The maximum Gasteiger partial charge on any atom is 0.317 e. The van der Waals surface area contributed by atoms with Gasteiger partial charge in [0.25, 0.3) is 0 Å². The van der Waals surface area contributed by atoms with Crippen LogP contribution in [0.5, 0.6) is 0 Å². The van der Waals surface area contributed by atoms with E-state index >= 15 is 0 Å². The Kier molecular flexibility index (Phi) is 3.62. The third-order valence-corrected chi connectivity index (χ3v) is 3.98. The van der Waals surface area contributed by atoms with E-state index in [9.17, 15) is 4.79 Å². The number of nitrogens with one attached hydrogen (secondary N) is 1. The Balaban J connectivity index is 2.10. The average molecular weight is 318 g/mol. The van der Waals surface area contributed by atoms with Gasteiger partial charge in [-0.3, -0.25) is 0 Å². The first kappa shape index (κ1) is 14.6. The Morgan fingerprint density at radius 2 is 2.14 bits per heavy atom. The summed E-state index contributed by atoms with van der Waals surface area (Å²) in [4.78, 5) is 22.2. The molecule has 0 saturated carbocycles. The maximum atomic E-state index is 11.8. The highest BCUT2D eigenvalue weighted by Gasteiger charge is 2.28. The molecular weight excluding hydrogens is 302 g/mol. The number of nitrogens with zero attached hydrogens (tertiary/aromatic N) is 3. The molecule has 3 N–H and O–H groups in total. The predicted molar refractivity (Wildman–Crippen MR) is 85.3 cm³/mol. The van der Waals surface area contributed by atoms with Gasteiger partial charge in [0, 0.05) is 23.2 Å². The first-order chi connectivity index (χ1) is 10.5. The maximum absolute atomic E-state index is 11.8. The number of urea groups is 1. The number of nitrogen functional groups attached to an aromatic ring is 1. The summed E-state index contributed by atoms with van der Waals surface area (Å²) in [5.41, 5.74) is 10.3. The first-order valence-electron chi connectivity index (χ1n) is 6.88. The molecule has 1 aliphatic heterocycles. The van der Waals surface area contributed by atoms with Crippen molar-refractivity contribution in [3.63, 3.8) is 0 Å². The molecule has 2 aromatic rings. The van der Waals surface area contributed by atoms with Crippen LogP contribution in [0.3, 0.4) is 0 Å². The fourth-order valence-electron chi connectivity index (χ4n) is 2.69. The zero-order valence-electron chi connectivity index (χ0n) is 12.4. The van der Waals surface area contributed by atoms with Gasteiger partial charge in [0.05, 0.1) is 24.5 Å². The van der Waals surface area contributed by atoms with Gasteiger partial charge in [0.1, 0.15) is 0 Å². The number of halogens is 1. The molecule has 0 atom stereocenters. The molecule has 6 nitrogen and oxygen atoms in total. The van der Waals surface area contributed by atoms with Crippen LogP contribution in [0.25, 0.3) is 11.3 Å². The van der Waals surface area contributed by atoms with Crippen molar-refractivity contribution in [3.05, 3.63) is 40.0 Å². The molecule has 1 aromatic carbocycles. The molecule has 0 saturated heterocycles. The smallest absolute Gasteiger partial charge is 0.317 e. The van der Waals surface area contributed by atoms with Crippen LogP contribution < -0.4 is 11.1 Å². The monoisotopic (exact) mass is 317 g/mol. The lowest BCUT2D eigenvalue weighted by molar-refractivity contribution is 0.200. The molecule has 1 aliphatic rings. The van der Waals surface area contributed by atoms with Crippen molar-refractivity contribution in [2.24, 2.45) is 0 Å². The van der Waals surface area contributed by atoms with Gasteiger partial charge in [-0.15, -0.1) is 0 Å². The second-order valence-corrected chi connectivity index (χ2v) is 5.66. The van der Waals surface area contributed by atoms with E-state index in [1.807, 2.05) is 25.1 Å². The second-order valence-electron chi connectivity index (χ2n) is 5.23. The van der Waals surface area contributed by atoms with E-state index in [4.69, 9.17) is 17.3 Å². The lowest BCUT2D eigenvalue weighted by Gasteiger charge is -2.14. The van der Waals surface area contributed by atoms with Crippen LogP contribution in [0.4, 0.5) is 10.7 Å². The van der Waals surface area contributed by atoms with E-state index in [0.717, 1.165) is 28.1 Å². The highest BCUT2D eigenvalue weighted by atomic mass is 35.5. The summed E-state index contributed by atoms with van der Waals surface area (Å²) >= 11 is 6.02. The number of hydrogen-bond acceptors (Lipinski definition) is 4. The third kappa shape index (κ3) is 2.46. The number of fused-ring (bicyclic) bond motifs is 1. The molecule has 2 amide bonds. The van der Waals surface area contributed by atoms with E-state index < -0.39 is 0 Å². The van der Waals surface area contributed by atoms with Crippen LogP contribution in [0.1, 0.15) is 16.8 Å². The largest absolute Gasteiger partial charge is 0.368 e. The number of carbonyl (C=O) groups is 1. The van der Waals surface area contributed by atoms with E-state index in [1.165, 1.54) is 0 Å². The van der Waals surface area contributed by atoms with Gasteiger partial charge in [-0.25, -0.2) is 14.8 Å². The quantitative estimate of drug-likeness (QED) is 0.845. The number of carbonyl (C=O) groups excluding carboxylic acids is 1. The van der Waals surface area contributed by atoms with Gasteiger partial charge in [-0.1, -0.05) is 17.7 Å². The van der Waals surface area contributed by atoms with Crippen LogP contribution in [0.2, 0.25) is 5.02 Å². The summed E-state index contributed by atoms with van der Waals surface area (Å²) in [6, 6.07) is 5.48. The number of benzene rings is 1. The second kappa shape index (κ2) is 5.46.